The largest absolute Gasteiger partial charge is 0.467 e. The fourth-order valence-electron chi connectivity index (χ4n) is 5.39. The fourth-order valence-corrected chi connectivity index (χ4v) is 5.57. The number of rotatable bonds is 9. The molecule has 0 spiro atoms. The second-order valence-corrected chi connectivity index (χ2v) is 11.3. The molecule has 4 heterocycles. The molecule has 0 unspecified atom stereocenters. The van der Waals surface area contributed by atoms with E-state index in [1.165, 1.54) is 13.3 Å². The molecule has 1 aliphatic carbocycles. The van der Waals surface area contributed by atoms with Crippen molar-refractivity contribution >= 4 is 29.5 Å². The Hall–Kier alpha value is -5.38. The third-order valence-electron chi connectivity index (χ3n) is 7.82. The van der Waals surface area contributed by atoms with Gasteiger partial charge >= 0.3 is 18.2 Å². The molecule has 5 aromatic rings. The monoisotopic (exact) mass is 679 g/mol. The number of carbonyl (C=O) groups is 1. The summed E-state index contributed by atoms with van der Waals surface area (Å²) in [5.41, 5.74) is 0.774. The number of nitrogens with zero attached hydrogens (tertiary/aromatic N) is 8. The van der Waals surface area contributed by atoms with Crippen LogP contribution in [0.25, 0.3) is 22.5 Å². The molecule has 6 rings (SSSR count). The number of hydrogen-bond donors (Lipinski definition) is 3. The summed E-state index contributed by atoms with van der Waals surface area (Å²) < 4.78 is 46.2. The van der Waals surface area contributed by atoms with Crippen LogP contribution in [-0.4, -0.2) is 65.3 Å². The van der Waals surface area contributed by atoms with Gasteiger partial charge in [-0.2, -0.15) is 18.3 Å². The van der Waals surface area contributed by atoms with Gasteiger partial charge in [-0.1, -0.05) is 41.9 Å². The number of aromatic amines is 1. The molecule has 48 heavy (non-hydrogen) atoms. The molecule has 1 aromatic carbocycles. The van der Waals surface area contributed by atoms with E-state index < -0.39 is 17.4 Å². The number of ether oxygens (including phenoxy) is 1. The topological polar surface area (TPSA) is 160 Å². The van der Waals surface area contributed by atoms with Crippen LogP contribution in [0.4, 0.5) is 29.9 Å². The first-order valence-corrected chi connectivity index (χ1v) is 15.3. The van der Waals surface area contributed by atoms with E-state index in [9.17, 15) is 18.0 Å². The lowest BCUT2D eigenvalue weighted by molar-refractivity contribution is -0.137. The quantitative estimate of drug-likeness (QED) is 0.170. The second-order valence-electron chi connectivity index (χ2n) is 10.9. The van der Waals surface area contributed by atoms with Crippen LogP contribution < -0.4 is 20.3 Å². The highest BCUT2D eigenvalue weighted by Crippen LogP contribution is 2.38. The standard InChI is InChI=1S/C31H29ClF3N11O2/c1-48-29-39-14-20(15-40-29)19-12-37-28(38-13-19)46(30(47)41-11-18-5-3-2-4-6-18)22-9-7-21(8-10-22)43-27-36-16-23(31(33,34)35)25(44-27)26-24(32)17-42-45-26/h2-6,12-17,21-22H,7-11H2,1H3,(H,41,47)(H,42,45)(H,36,43,44). The van der Waals surface area contributed by atoms with E-state index in [2.05, 4.69) is 50.7 Å². The zero-order chi connectivity index (χ0) is 33.7. The van der Waals surface area contributed by atoms with Gasteiger partial charge in [0.05, 0.1) is 18.3 Å². The maximum absolute atomic E-state index is 13.7. The fraction of sp³-hybridized carbons (Fsp3) is 0.290. The third-order valence-corrected chi connectivity index (χ3v) is 8.11. The highest BCUT2D eigenvalue weighted by molar-refractivity contribution is 6.32. The summed E-state index contributed by atoms with van der Waals surface area (Å²) in [5, 5.41) is 12.3. The Labute approximate surface area is 277 Å². The van der Waals surface area contributed by atoms with E-state index in [1.807, 2.05) is 30.3 Å². The molecule has 248 valence electrons. The summed E-state index contributed by atoms with van der Waals surface area (Å²) in [4.78, 5) is 40.6. The van der Waals surface area contributed by atoms with Crippen molar-refractivity contribution in [1.29, 1.82) is 0 Å². The molecule has 3 N–H and O–H groups in total. The van der Waals surface area contributed by atoms with Crippen LogP contribution in [0.1, 0.15) is 36.8 Å². The number of amides is 2. The van der Waals surface area contributed by atoms with Crippen LogP contribution in [-0.2, 0) is 12.7 Å². The SMILES string of the molecule is COc1ncc(-c2cnc(N(C(=O)NCc3ccccc3)C3CCC(Nc4ncc(C(F)(F)F)c(-c5[nH]ncc5Cl)n4)CC3)nc2)cn1. The lowest BCUT2D eigenvalue weighted by atomic mass is 9.90. The predicted molar refractivity (Wildman–Crippen MR) is 170 cm³/mol. The first-order valence-electron chi connectivity index (χ1n) is 14.9. The minimum absolute atomic E-state index is 0.00359. The van der Waals surface area contributed by atoms with E-state index in [0.29, 0.717) is 43.4 Å². The van der Waals surface area contributed by atoms with Crippen LogP contribution >= 0.6 is 11.6 Å². The predicted octanol–water partition coefficient (Wildman–Crippen LogP) is 5.93. The smallest absolute Gasteiger partial charge is 0.420 e. The van der Waals surface area contributed by atoms with Gasteiger partial charge < -0.3 is 15.4 Å². The van der Waals surface area contributed by atoms with Crippen LogP contribution in [0, 0.1) is 0 Å². The third kappa shape index (κ3) is 7.43. The lowest BCUT2D eigenvalue weighted by Crippen LogP contribution is -2.49. The van der Waals surface area contributed by atoms with Gasteiger partial charge in [0.2, 0.25) is 11.9 Å². The first kappa shape index (κ1) is 32.6. The first-order chi connectivity index (χ1) is 23.2. The van der Waals surface area contributed by atoms with Gasteiger partial charge in [-0.05, 0) is 31.2 Å². The number of nitrogens with one attached hydrogen (secondary N) is 3. The van der Waals surface area contributed by atoms with Crippen molar-refractivity contribution in [3.63, 3.8) is 0 Å². The van der Waals surface area contributed by atoms with Crippen LogP contribution in [0.5, 0.6) is 6.01 Å². The Morgan fingerprint density at radius 2 is 1.62 bits per heavy atom. The molecule has 0 radical (unpaired) electrons. The van der Waals surface area contributed by atoms with E-state index in [-0.39, 0.29) is 46.7 Å². The number of H-pyrrole nitrogens is 1. The molecule has 4 aromatic heterocycles. The molecule has 1 saturated carbocycles. The van der Waals surface area contributed by atoms with E-state index in [0.717, 1.165) is 11.8 Å². The number of hydrogen-bond acceptors (Lipinski definition) is 10. The zero-order valence-electron chi connectivity index (χ0n) is 25.4. The van der Waals surface area contributed by atoms with Crippen molar-refractivity contribution in [3.05, 3.63) is 83.7 Å². The molecule has 0 atom stereocenters. The minimum atomic E-state index is -4.70. The van der Waals surface area contributed by atoms with Gasteiger partial charge in [0.1, 0.15) is 17.0 Å². The number of halogens is 4. The van der Waals surface area contributed by atoms with Crippen molar-refractivity contribution in [1.82, 2.24) is 45.4 Å². The Balaban J connectivity index is 1.18. The van der Waals surface area contributed by atoms with Gasteiger partial charge in [0.15, 0.2) is 0 Å². The summed E-state index contributed by atoms with van der Waals surface area (Å²) in [6.07, 6.45) is 5.86. The maximum Gasteiger partial charge on any atom is 0.420 e. The molecule has 2 amide bonds. The van der Waals surface area contributed by atoms with E-state index in [1.54, 1.807) is 29.7 Å². The summed E-state index contributed by atoms with van der Waals surface area (Å²) >= 11 is 6.07. The average Bonchev–Trinajstić information content (AvgIpc) is 3.54. The number of urea groups is 1. The second kappa shape index (κ2) is 14.2. The zero-order valence-corrected chi connectivity index (χ0v) is 26.2. The molecule has 1 fully saturated rings. The summed E-state index contributed by atoms with van der Waals surface area (Å²) in [5.74, 6) is 0.244. The lowest BCUT2D eigenvalue weighted by Gasteiger charge is -2.36. The molecule has 0 bridgehead atoms. The number of benzene rings is 1. The molecule has 17 heteroatoms. The highest BCUT2D eigenvalue weighted by atomic mass is 35.5. The van der Waals surface area contributed by atoms with Gasteiger partial charge in [-0.3, -0.25) is 10.00 Å². The van der Waals surface area contributed by atoms with Gasteiger partial charge in [0.25, 0.3) is 0 Å². The van der Waals surface area contributed by atoms with Crippen molar-refractivity contribution in [2.75, 3.05) is 17.3 Å². The number of anilines is 2. The van der Waals surface area contributed by atoms with Crippen molar-refractivity contribution < 1.29 is 22.7 Å². The number of methoxy groups -OCH3 is 1. The molecular weight excluding hydrogens is 651 g/mol. The highest BCUT2D eigenvalue weighted by Gasteiger charge is 2.37. The Morgan fingerprint density at radius 3 is 2.23 bits per heavy atom. The van der Waals surface area contributed by atoms with Crippen LogP contribution in [0.15, 0.2) is 67.5 Å². The Bertz CT molecular complexity index is 1830. The Morgan fingerprint density at radius 1 is 0.958 bits per heavy atom. The Kier molecular flexibility index (Phi) is 9.61. The average molecular weight is 680 g/mol. The molecular formula is C31H29ClF3N11O2. The number of alkyl halides is 3. The number of carbonyl (C=O) groups excluding carboxylic acids is 1. The van der Waals surface area contributed by atoms with E-state index in [4.69, 9.17) is 16.3 Å². The normalized spacial score (nSPS) is 16.3. The van der Waals surface area contributed by atoms with Gasteiger partial charge in [-0.15, -0.1) is 0 Å². The van der Waals surface area contributed by atoms with Crippen LogP contribution in [0.2, 0.25) is 5.02 Å². The molecule has 0 aliphatic heterocycles. The maximum atomic E-state index is 13.7. The summed E-state index contributed by atoms with van der Waals surface area (Å²) in [7, 11) is 1.48. The minimum Gasteiger partial charge on any atom is -0.467 e. The van der Waals surface area contributed by atoms with Gasteiger partial charge in [-0.25, -0.2) is 34.7 Å². The van der Waals surface area contributed by atoms with Crippen molar-refractivity contribution in [2.45, 2.75) is 50.5 Å². The van der Waals surface area contributed by atoms with Gasteiger partial charge in [0, 0.05) is 60.7 Å². The molecule has 0 saturated heterocycles. The molecule has 13 nitrogen and oxygen atoms in total. The van der Waals surface area contributed by atoms with Crippen LogP contribution in [0.3, 0.4) is 0 Å². The summed E-state index contributed by atoms with van der Waals surface area (Å²) in [6.45, 7) is 0.308. The van der Waals surface area contributed by atoms with E-state index >= 15 is 0 Å². The molecule has 1 aliphatic rings. The number of aromatic nitrogens is 8. The van der Waals surface area contributed by atoms with Crippen molar-refractivity contribution in [2.24, 2.45) is 0 Å². The summed E-state index contributed by atoms with van der Waals surface area (Å²) in [6, 6.07) is 8.96. The van der Waals surface area contributed by atoms with Crippen molar-refractivity contribution in [3.8, 4) is 28.5 Å².